The van der Waals surface area contributed by atoms with Crippen LogP contribution in [0.15, 0.2) is 10.9 Å². The summed E-state index contributed by atoms with van der Waals surface area (Å²) in [6.45, 7) is 1.90. The Morgan fingerprint density at radius 3 is 2.25 bits per heavy atom. The topological polar surface area (TPSA) is 58.9 Å². The second-order valence-electron chi connectivity index (χ2n) is 7.80. The van der Waals surface area contributed by atoms with Gasteiger partial charge in [0.1, 0.15) is 5.82 Å². The van der Waals surface area contributed by atoms with Crippen molar-refractivity contribution in [3.8, 4) is 0 Å². The average Bonchev–Trinajstić information content (AvgIpc) is 2.32. The molecule has 3 nitrogen and oxygen atoms in total. The van der Waals surface area contributed by atoms with Gasteiger partial charge in [-0.2, -0.15) is 0 Å². The number of nitrogen functional groups attached to an aromatic ring is 1. The van der Waals surface area contributed by atoms with E-state index < -0.39 is 0 Å². The minimum absolute atomic E-state index is 0.134. The van der Waals surface area contributed by atoms with Crippen molar-refractivity contribution < 1.29 is 0 Å². The van der Waals surface area contributed by atoms with E-state index in [0.717, 1.165) is 35.4 Å². The van der Waals surface area contributed by atoms with E-state index in [1.807, 2.05) is 6.92 Å². The molecule has 4 bridgehead atoms. The smallest absolute Gasteiger partial charge is 0.187 e. The zero-order valence-electron chi connectivity index (χ0n) is 12.2. The van der Waals surface area contributed by atoms with Crippen molar-refractivity contribution in [3.05, 3.63) is 27.5 Å². The number of nitrogens with two attached hydrogens (primary N) is 1. The third kappa shape index (κ3) is 1.90. The Kier molecular flexibility index (Phi) is 2.57. The lowest BCUT2D eigenvalue weighted by Gasteiger charge is -2.57. The first kappa shape index (κ1) is 12.5. The van der Waals surface area contributed by atoms with Gasteiger partial charge in [0.25, 0.3) is 0 Å². The zero-order valence-corrected chi connectivity index (χ0v) is 12.2. The van der Waals surface area contributed by atoms with Crippen molar-refractivity contribution in [1.82, 2.24) is 4.98 Å². The van der Waals surface area contributed by atoms with Crippen LogP contribution in [0, 0.1) is 30.1 Å². The fourth-order valence-corrected chi connectivity index (χ4v) is 5.80. The fraction of sp³-hybridized carbons (Fsp3) is 0.706. The molecule has 0 aromatic carbocycles. The Morgan fingerprint density at radius 1 is 1.20 bits per heavy atom. The second-order valence-corrected chi connectivity index (χ2v) is 7.80. The summed E-state index contributed by atoms with van der Waals surface area (Å²) in [7, 11) is 0. The normalized spacial score (nSPS) is 38.4. The number of anilines is 1. The first-order valence-corrected chi connectivity index (χ1v) is 8.01. The summed E-state index contributed by atoms with van der Waals surface area (Å²) in [4.78, 5) is 15.4. The van der Waals surface area contributed by atoms with Gasteiger partial charge in [-0.25, -0.2) is 0 Å². The number of aryl methyl sites for hydroxylation is 1. The molecule has 0 radical (unpaired) electrons. The predicted octanol–water partition coefficient (Wildman–Crippen LogP) is 3.02. The van der Waals surface area contributed by atoms with E-state index in [1.165, 1.54) is 38.5 Å². The van der Waals surface area contributed by atoms with Gasteiger partial charge in [-0.1, -0.05) is 0 Å². The van der Waals surface area contributed by atoms with Crippen LogP contribution in [0.4, 0.5) is 5.82 Å². The third-order valence-corrected chi connectivity index (χ3v) is 6.02. The quantitative estimate of drug-likeness (QED) is 0.869. The number of H-pyrrole nitrogens is 1. The summed E-state index contributed by atoms with van der Waals surface area (Å²) in [5, 5.41) is 0. The van der Waals surface area contributed by atoms with E-state index in [0.29, 0.717) is 11.2 Å². The molecule has 4 saturated carbocycles. The minimum atomic E-state index is 0.134. The molecular weight excluding hydrogens is 248 g/mol. The van der Waals surface area contributed by atoms with Crippen LogP contribution in [0.25, 0.3) is 0 Å². The Balaban J connectivity index is 1.68. The number of hydrogen-bond acceptors (Lipinski definition) is 2. The van der Waals surface area contributed by atoms with Gasteiger partial charge in [-0.05, 0) is 75.0 Å². The molecule has 0 amide bonds. The Bertz CT molecular complexity index is 566. The molecule has 4 aliphatic rings. The maximum atomic E-state index is 12.3. The van der Waals surface area contributed by atoms with Gasteiger partial charge in [0.15, 0.2) is 5.43 Å². The number of pyridine rings is 1. The summed E-state index contributed by atoms with van der Waals surface area (Å²) in [5.41, 5.74) is 8.32. The van der Waals surface area contributed by atoms with Gasteiger partial charge in [0, 0.05) is 17.3 Å². The molecule has 1 aromatic rings. The predicted molar refractivity (Wildman–Crippen MR) is 80.5 cm³/mol. The third-order valence-electron chi connectivity index (χ3n) is 6.02. The lowest BCUT2D eigenvalue weighted by Crippen LogP contribution is -2.47. The Labute approximate surface area is 120 Å². The van der Waals surface area contributed by atoms with Crippen molar-refractivity contribution in [2.24, 2.45) is 23.2 Å². The molecule has 0 saturated heterocycles. The molecule has 0 unspecified atom stereocenters. The van der Waals surface area contributed by atoms with Gasteiger partial charge in [-0.3, -0.25) is 4.79 Å². The van der Waals surface area contributed by atoms with Crippen LogP contribution < -0.4 is 11.2 Å². The number of nitrogens with one attached hydrogen (secondary N) is 1. The highest BCUT2D eigenvalue weighted by Gasteiger charge is 2.50. The van der Waals surface area contributed by atoms with Crippen molar-refractivity contribution in [2.45, 2.75) is 51.9 Å². The van der Waals surface area contributed by atoms with E-state index in [1.54, 1.807) is 6.07 Å². The van der Waals surface area contributed by atoms with Crippen LogP contribution in [-0.2, 0) is 6.42 Å². The molecule has 1 heterocycles. The van der Waals surface area contributed by atoms with Crippen molar-refractivity contribution in [1.29, 1.82) is 0 Å². The molecule has 3 heteroatoms. The number of rotatable bonds is 2. The van der Waals surface area contributed by atoms with Gasteiger partial charge in [0.05, 0.1) is 0 Å². The minimum Gasteiger partial charge on any atom is -0.385 e. The van der Waals surface area contributed by atoms with E-state index in [9.17, 15) is 4.79 Å². The second kappa shape index (κ2) is 4.12. The molecule has 0 atom stereocenters. The highest BCUT2D eigenvalue weighted by atomic mass is 16.1. The number of aromatic amines is 1. The van der Waals surface area contributed by atoms with Crippen LogP contribution in [0.1, 0.15) is 49.8 Å². The van der Waals surface area contributed by atoms with Crippen LogP contribution in [0.3, 0.4) is 0 Å². The fourth-order valence-electron chi connectivity index (χ4n) is 5.80. The molecule has 20 heavy (non-hydrogen) atoms. The van der Waals surface area contributed by atoms with Gasteiger partial charge in [-0.15, -0.1) is 0 Å². The highest BCUT2D eigenvalue weighted by Crippen LogP contribution is 2.61. The molecule has 4 aliphatic carbocycles. The van der Waals surface area contributed by atoms with Crippen molar-refractivity contribution in [3.63, 3.8) is 0 Å². The number of hydrogen-bond donors (Lipinski definition) is 2. The van der Waals surface area contributed by atoms with Gasteiger partial charge < -0.3 is 10.7 Å². The van der Waals surface area contributed by atoms with Gasteiger partial charge in [0.2, 0.25) is 0 Å². The SMILES string of the molecule is Cc1cc(=O)c(CC23CC4CC(CC(C4)C2)C3)c(N)[nH]1. The maximum Gasteiger partial charge on any atom is 0.187 e. The first-order valence-electron chi connectivity index (χ1n) is 8.01. The van der Waals surface area contributed by atoms with Crippen LogP contribution in [0.2, 0.25) is 0 Å². The van der Waals surface area contributed by atoms with E-state index >= 15 is 0 Å². The lowest BCUT2D eigenvalue weighted by atomic mass is 9.48. The molecule has 0 spiro atoms. The Morgan fingerprint density at radius 2 is 1.75 bits per heavy atom. The van der Waals surface area contributed by atoms with Crippen molar-refractivity contribution in [2.75, 3.05) is 5.73 Å². The molecule has 5 rings (SSSR count). The zero-order chi connectivity index (χ0) is 13.9. The van der Waals surface area contributed by atoms with E-state index in [-0.39, 0.29) is 5.43 Å². The monoisotopic (exact) mass is 272 g/mol. The molecular formula is C17H24N2O. The van der Waals surface area contributed by atoms with E-state index in [2.05, 4.69) is 4.98 Å². The lowest BCUT2D eigenvalue weighted by molar-refractivity contribution is -0.0522. The summed E-state index contributed by atoms with van der Waals surface area (Å²) in [5.74, 6) is 3.37. The average molecular weight is 272 g/mol. The summed E-state index contributed by atoms with van der Waals surface area (Å²) < 4.78 is 0. The molecule has 108 valence electrons. The summed E-state index contributed by atoms with van der Waals surface area (Å²) in [6.07, 6.45) is 9.21. The van der Waals surface area contributed by atoms with Crippen molar-refractivity contribution >= 4 is 5.82 Å². The maximum absolute atomic E-state index is 12.3. The Hall–Kier alpha value is -1.25. The molecule has 0 aliphatic heterocycles. The highest BCUT2D eigenvalue weighted by molar-refractivity contribution is 5.41. The van der Waals surface area contributed by atoms with Gasteiger partial charge >= 0.3 is 0 Å². The largest absolute Gasteiger partial charge is 0.385 e. The molecule has 1 aromatic heterocycles. The van der Waals surface area contributed by atoms with Crippen LogP contribution >= 0.6 is 0 Å². The number of aromatic nitrogens is 1. The van der Waals surface area contributed by atoms with E-state index in [4.69, 9.17) is 5.73 Å². The van der Waals surface area contributed by atoms with Crippen LogP contribution in [-0.4, -0.2) is 4.98 Å². The summed E-state index contributed by atoms with van der Waals surface area (Å²) >= 11 is 0. The molecule has 4 fully saturated rings. The molecule has 3 N–H and O–H groups in total. The standard InChI is InChI=1S/C17H24N2O/c1-10-2-15(20)14(16(18)19-10)9-17-6-11-3-12(7-17)5-13(4-11)8-17/h2,11-13H,3-9H2,1H3,(H3,18,19,20). The summed E-state index contributed by atoms with van der Waals surface area (Å²) in [6, 6.07) is 1.70. The van der Waals surface area contributed by atoms with Crippen LogP contribution in [0.5, 0.6) is 0 Å². The first-order chi connectivity index (χ1) is 9.53.